The molecule has 66 heavy (non-hydrogen) atoms. The van der Waals surface area contributed by atoms with Crippen molar-refractivity contribution in [3.63, 3.8) is 0 Å². The van der Waals surface area contributed by atoms with Crippen LogP contribution in [0.15, 0.2) is 115 Å². The summed E-state index contributed by atoms with van der Waals surface area (Å²) in [5.41, 5.74) is 5.17. The van der Waals surface area contributed by atoms with Crippen molar-refractivity contribution in [3.05, 3.63) is 132 Å². The highest BCUT2D eigenvalue weighted by Gasteiger charge is 2.49. The van der Waals surface area contributed by atoms with Gasteiger partial charge in [-0.05, 0) is 162 Å². The maximum absolute atomic E-state index is 10.2. The largest absolute Gasteiger partial charge is 0.508 e. The molecule has 0 aliphatic rings. The van der Waals surface area contributed by atoms with Gasteiger partial charge in [0.05, 0.1) is 20.3 Å². The number of benzene rings is 5. The van der Waals surface area contributed by atoms with Gasteiger partial charge in [-0.1, -0.05) is 66.7 Å². The average Bonchev–Trinajstić information content (AvgIpc) is 3.58. The van der Waals surface area contributed by atoms with E-state index >= 15 is 0 Å². The Morgan fingerprint density at radius 1 is 0.530 bits per heavy atom. The fourth-order valence-corrected chi connectivity index (χ4v) is 34.8. The van der Waals surface area contributed by atoms with Crippen LogP contribution in [0.3, 0.4) is 0 Å². The number of aryl methyl sites for hydroxylation is 3. The van der Waals surface area contributed by atoms with Crippen LogP contribution in [0.4, 0.5) is 0 Å². The van der Waals surface area contributed by atoms with Crippen LogP contribution in [-0.4, -0.2) is 75.9 Å². The van der Waals surface area contributed by atoms with Gasteiger partial charge in [0.15, 0.2) is 28.1 Å². The van der Waals surface area contributed by atoms with E-state index in [1.54, 1.807) is 19.2 Å². The number of ether oxygens (including phenoxy) is 2. The first-order valence-corrected chi connectivity index (χ1v) is 37.6. The summed E-state index contributed by atoms with van der Waals surface area (Å²) in [6.45, 7) is 19.2. The smallest absolute Gasteiger partial charge is 0.319 e. The number of aromatic nitrogens is 1. The first kappa shape index (κ1) is 51.4. The zero-order valence-corrected chi connectivity index (χ0v) is 45.7. The highest BCUT2D eigenvalue weighted by molar-refractivity contribution is 6.91. The summed E-state index contributed by atoms with van der Waals surface area (Å²) in [4.78, 5) is 0. The number of para-hydroxylation sites is 3. The zero-order valence-electron chi connectivity index (χ0n) is 40.7. The summed E-state index contributed by atoms with van der Waals surface area (Å²) in [5.74, 6) is 1.61. The molecule has 1 aromatic heterocycles. The number of nitrogens with zero attached hydrogens (tertiary/aromatic N) is 1. The second-order valence-electron chi connectivity index (χ2n) is 19.6. The minimum atomic E-state index is -3.10. The van der Waals surface area contributed by atoms with Gasteiger partial charge in [-0.3, -0.25) is 0 Å². The van der Waals surface area contributed by atoms with Crippen molar-refractivity contribution in [2.75, 3.05) is 13.7 Å². The molecule has 0 aliphatic carbocycles. The van der Waals surface area contributed by atoms with Gasteiger partial charge in [-0.25, -0.2) is 0 Å². The number of hydrogen-bond donors (Lipinski definition) is 3. The van der Waals surface area contributed by atoms with E-state index in [1.807, 2.05) is 54.6 Å². The Bertz CT molecular complexity index is 2450. The SMILES string of the molecule is COc1cc(CCC[Si](C)(C)O[Si](C)(CCCOc2ccccc2)O[Si](C)(CCn2c3ccccc3c3ccccc32)O[Si](C)(C)O[Si](C)(C)CCCc2ccc(O)c(CO)c2)ccc1O. The summed E-state index contributed by atoms with van der Waals surface area (Å²) >= 11 is 0. The van der Waals surface area contributed by atoms with E-state index in [4.69, 9.17) is 25.9 Å². The normalized spacial score (nSPS) is 14.3. The summed E-state index contributed by atoms with van der Waals surface area (Å²) < 4.78 is 44.1. The van der Waals surface area contributed by atoms with Gasteiger partial charge in [0.25, 0.3) is 0 Å². The van der Waals surface area contributed by atoms with E-state index in [-0.39, 0.29) is 18.1 Å². The summed E-state index contributed by atoms with van der Waals surface area (Å²) in [7, 11) is -11.9. The summed E-state index contributed by atoms with van der Waals surface area (Å²) in [5, 5.41) is 32.5. The number of methoxy groups -OCH3 is 1. The highest BCUT2D eigenvalue weighted by atomic mass is 28.5. The molecule has 6 rings (SSSR count). The Balaban J connectivity index is 1.26. The molecule has 0 spiro atoms. The number of aromatic hydroxyl groups is 2. The molecular formula is C51H73NO9Si5. The van der Waals surface area contributed by atoms with Crippen molar-refractivity contribution in [3.8, 4) is 23.0 Å². The fourth-order valence-electron chi connectivity index (χ4n) is 9.49. The van der Waals surface area contributed by atoms with Crippen molar-refractivity contribution in [2.24, 2.45) is 0 Å². The van der Waals surface area contributed by atoms with Crippen LogP contribution in [0.1, 0.15) is 36.0 Å². The van der Waals surface area contributed by atoms with Crippen molar-refractivity contribution in [1.29, 1.82) is 0 Å². The van der Waals surface area contributed by atoms with E-state index < -0.39 is 42.3 Å². The molecule has 0 saturated heterocycles. The molecule has 0 saturated carbocycles. The molecule has 2 atom stereocenters. The molecule has 0 bridgehead atoms. The summed E-state index contributed by atoms with van der Waals surface area (Å²) in [6, 6.07) is 41.7. The second-order valence-corrected chi connectivity index (χ2v) is 39.3. The van der Waals surface area contributed by atoms with E-state index in [0.29, 0.717) is 24.0 Å². The highest BCUT2D eigenvalue weighted by Crippen LogP contribution is 2.36. The van der Waals surface area contributed by atoms with E-state index in [0.717, 1.165) is 73.7 Å². The van der Waals surface area contributed by atoms with Gasteiger partial charge in [0.1, 0.15) is 11.5 Å². The molecular weight excluding hydrogens is 911 g/mol. The third-order valence-corrected chi connectivity index (χ3v) is 33.0. The molecule has 10 nitrogen and oxygen atoms in total. The van der Waals surface area contributed by atoms with Crippen molar-refractivity contribution in [1.82, 2.24) is 4.57 Å². The molecule has 1 heterocycles. The number of fused-ring (bicyclic) bond motifs is 3. The van der Waals surface area contributed by atoms with Crippen LogP contribution in [0.5, 0.6) is 23.0 Å². The number of phenols is 2. The van der Waals surface area contributed by atoms with Crippen molar-refractivity contribution in [2.45, 2.75) is 122 Å². The second kappa shape index (κ2) is 22.4. The monoisotopic (exact) mass is 983 g/mol. The molecule has 5 aromatic carbocycles. The number of aliphatic hydroxyl groups excluding tert-OH is 1. The molecule has 3 N–H and O–H groups in total. The third kappa shape index (κ3) is 14.5. The molecule has 0 aliphatic heterocycles. The van der Waals surface area contributed by atoms with E-state index in [9.17, 15) is 15.3 Å². The Kier molecular flexibility index (Phi) is 17.4. The standard InChI is InChI=1S/C51H73NO9Si5/c1-56-51-39-42(29-31-50(51)55)21-18-35-63(4,5)59-65(8,36-19-33-57-44-22-11-10-12-23-44)61-66(9,37-32-52-47-26-15-13-24-45(47)46-25-14-16-27-48(46)52)60-64(6,7)58-62(2,3)34-17-20-41-28-30-49(54)43(38-41)40-53/h10-16,22-31,38-39,53-55H,17-21,32-37,40H2,1-9H3. The number of aliphatic hydroxyl groups is 1. The average molecular weight is 985 g/mol. The van der Waals surface area contributed by atoms with Crippen molar-refractivity contribution >= 4 is 64.1 Å². The minimum Gasteiger partial charge on any atom is -0.508 e. The van der Waals surface area contributed by atoms with Crippen LogP contribution in [-0.2, 0) is 42.5 Å². The van der Waals surface area contributed by atoms with Gasteiger partial charge in [-0.15, -0.1) is 0 Å². The topological polar surface area (TPSA) is 121 Å². The predicted octanol–water partition coefficient (Wildman–Crippen LogP) is 12.8. The maximum atomic E-state index is 10.2. The molecule has 0 fully saturated rings. The van der Waals surface area contributed by atoms with Crippen LogP contribution >= 0.6 is 0 Å². The number of hydrogen-bond acceptors (Lipinski definition) is 9. The van der Waals surface area contributed by atoms with Crippen LogP contribution in [0, 0.1) is 0 Å². The zero-order chi connectivity index (χ0) is 47.6. The van der Waals surface area contributed by atoms with Crippen LogP contribution in [0.25, 0.3) is 21.8 Å². The number of phenolic OH excluding ortho intramolecular Hbond substituents is 1. The molecule has 356 valence electrons. The lowest BCUT2D eigenvalue weighted by Gasteiger charge is -2.45. The first-order chi connectivity index (χ1) is 31.3. The predicted molar refractivity (Wildman–Crippen MR) is 281 cm³/mol. The Morgan fingerprint density at radius 3 is 1.68 bits per heavy atom. The van der Waals surface area contributed by atoms with Crippen LogP contribution < -0.4 is 9.47 Å². The van der Waals surface area contributed by atoms with E-state index in [2.05, 4.69) is 105 Å². The summed E-state index contributed by atoms with van der Waals surface area (Å²) in [6.07, 6.45) is 4.34. The van der Waals surface area contributed by atoms with Gasteiger partial charge < -0.3 is 45.8 Å². The van der Waals surface area contributed by atoms with Crippen molar-refractivity contribution < 1.29 is 41.3 Å². The maximum Gasteiger partial charge on any atom is 0.319 e. The Morgan fingerprint density at radius 2 is 1.08 bits per heavy atom. The van der Waals surface area contributed by atoms with E-state index in [1.165, 1.54) is 21.8 Å². The van der Waals surface area contributed by atoms with Gasteiger partial charge in [-0.2, -0.15) is 0 Å². The van der Waals surface area contributed by atoms with Gasteiger partial charge in [0.2, 0.25) is 0 Å². The van der Waals surface area contributed by atoms with Gasteiger partial charge in [0, 0.05) is 40.0 Å². The molecule has 15 heteroatoms. The van der Waals surface area contributed by atoms with Crippen LogP contribution in [0.2, 0.25) is 76.6 Å². The molecule has 0 radical (unpaired) electrons. The first-order valence-electron chi connectivity index (χ1n) is 23.5. The quantitative estimate of drug-likeness (QED) is 0.0360. The molecule has 2 unspecified atom stereocenters. The molecule has 6 aromatic rings. The lowest BCUT2D eigenvalue weighted by molar-refractivity contribution is 0.274. The molecule has 0 amide bonds. The fraction of sp³-hybridized carbons (Fsp3) is 0.412. The Hall–Kier alpha value is -4.02. The lowest BCUT2D eigenvalue weighted by Crippen LogP contribution is -2.61. The number of rotatable bonds is 26. The third-order valence-electron chi connectivity index (χ3n) is 12.2. The Labute approximate surface area is 398 Å². The van der Waals surface area contributed by atoms with Gasteiger partial charge >= 0.3 is 25.7 Å². The minimum absolute atomic E-state index is 0.125. The lowest BCUT2D eigenvalue weighted by atomic mass is 10.1.